The van der Waals surface area contributed by atoms with Crippen molar-refractivity contribution in [2.24, 2.45) is 0 Å². The van der Waals surface area contributed by atoms with Crippen LogP contribution in [0.1, 0.15) is 18.9 Å². The number of carbonyl (C=O) groups is 1. The van der Waals surface area contributed by atoms with Crippen LogP contribution in [0.25, 0.3) is 6.08 Å². The van der Waals surface area contributed by atoms with Crippen molar-refractivity contribution in [2.75, 3.05) is 10.2 Å². The number of anilines is 3. The molecule has 0 radical (unpaired) electrons. The van der Waals surface area contributed by atoms with E-state index >= 15 is 0 Å². The van der Waals surface area contributed by atoms with Crippen molar-refractivity contribution in [3.63, 3.8) is 0 Å². The molecule has 0 spiro atoms. The molecular weight excluding hydrogens is 396 g/mol. The topological polar surface area (TPSA) is 49.4 Å². The molecule has 2 aromatic carbocycles. The number of halogens is 1. The molecule has 0 bridgehead atoms. The number of nitrogens with one attached hydrogen (secondary N) is 1. The molecule has 1 heterocycles. The highest BCUT2D eigenvalue weighted by Gasteiger charge is 2.27. The van der Waals surface area contributed by atoms with Gasteiger partial charge < -0.3 is 5.32 Å². The lowest BCUT2D eigenvalue weighted by Gasteiger charge is -2.28. The van der Waals surface area contributed by atoms with Gasteiger partial charge in [0.1, 0.15) is 5.94 Å². The summed E-state index contributed by atoms with van der Waals surface area (Å²) in [4.78, 5) is 26.8. The van der Waals surface area contributed by atoms with E-state index in [0.29, 0.717) is 39.5 Å². The molecule has 0 saturated carbocycles. The number of hydrogen-bond donors (Lipinski definition) is 1. The van der Waals surface area contributed by atoms with Crippen LogP contribution in [0.15, 0.2) is 89.7 Å². The van der Waals surface area contributed by atoms with Gasteiger partial charge >= 0.3 is 0 Å². The first-order valence-electron chi connectivity index (χ1n) is 9.54. The number of benzene rings is 2. The van der Waals surface area contributed by atoms with Gasteiger partial charge in [-0.05, 0) is 48.9 Å². The van der Waals surface area contributed by atoms with Crippen LogP contribution in [-0.2, 0) is 9.59 Å². The molecule has 1 aliphatic heterocycles. The third-order valence-corrected chi connectivity index (χ3v) is 5.35. The number of nitrogens with zero attached hydrogens (tertiary/aromatic N) is 1. The lowest BCUT2D eigenvalue weighted by Crippen LogP contribution is -2.29. The van der Waals surface area contributed by atoms with Crippen molar-refractivity contribution >= 4 is 46.6 Å². The summed E-state index contributed by atoms with van der Waals surface area (Å²) in [5.74, 6) is 1.72. The SMILES string of the molecule is CC1=C(C(=O)N(c2cccc(Cl)c2)c2cccc3c2C=CC=CN3)C=CCC1=C=O. The molecule has 0 unspecified atom stereocenters. The van der Waals surface area contributed by atoms with E-state index in [9.17, 15) is 9.59 Å². The Morgan fingerprint density at radius 3 is 2.77 bits per heavy atom. The van der Waals surface area contributed by atoms with Crippen LogP contribution in [0, 0.1) is 0 Å². The zero-order valence-corrected chi connectivity index (χ0v) is 17.1. The van der Waals surface area contributed by atoms with Crippen molar-refractivity contribution in [1.29, 1.82) is 0 Å². The Labute approximate surface area is 180 Å². The quantitative estimate of drug-likeness (QED) is 0.627. The maximum atomic E-state index is 13.8. The Bertz CT molecular complexity index is 1200. The Hall–Kier alpha value is -3.59. The molecule has 1 amide bonds. The van der Waals surface area contributed by atoms with E-state index in [1.165, 1.54) is 0 Å². The Morgan fingerprint density at radius 1 is 1.13 bits per heavy atom. The van der Waals surface area contributed by atoms with Gasteiger partial charge in [-0.1, -0.05) is 48.0 Å². The van der Waals surface area contributed by atoms with Crippen LogP contribution in [0.4, 0.5) is 17.1 Å². The largest absolute Gasteiger partial charge is 0.361 e. The highest BCUT2D eigenvalue weighted by Crippen LogP contribution is 2.38. The lowest BCUT2D eigenvalue weighted by atomic mass is 9.93. The number of hydrogen-bond acceptors (Lipinski definition) is 3. The average Bonchev–Trinajstić information content (AvgIpc) is 3.00. The predicted molar refractivity (Wildman–Crippen MR) is 123 cm³/mol. The number of amides is 1. The molecule has 0 aromatic heterocycles. The minimum Gasteiger partial charge on any atom is -0.361 e. The first-order valence-corrected chi connectivity index (χ1v) is 9.92. The molecule has 0 fully saturated rings. The van der Waals surface area contributed by atoms with Crippen LogP contribution in [0.3, 0.4) is 0 Å². The fourth-order valence-electron chi connectivity index (χ4n) is 3.58. The fraction of sp³-hybridized carbons (Fsp3) is 0.0800. The van der Waals surface area contributed by atoms with E-state index < -0.39 is 0 Å². The van der Waals surface area contributed by atoms with E-state index in [1.807, 2.05) is 66.8 Å². The second-order valence-electron chi connectivity index (χ2n) is 6.95. The second-order valence-corrected chi connectivity index (χ2v) is 7.38. The molecule has 0 atom stereocenters. The zero-order valence-electron chi connectivity index (χ0n) is 16.4. The first kappa shape index (κ1) is 19.7. The molecule has 2 aromatic rings. The number of carbonyl (C=O) groups excluding carboxylic acids is 2. The van der Waals surface area contributed by atoms with Gasteiger partial charge in [0.15, 0.2) is 0 Å². The summed E-state index contributed by atoms with van der Waals surface area (Å²) in [6.45, 7) is 1.78. The normalized spacial score (nSPS) is 14.7. The Balaban J connectivity index is 1.93. The third kappa shape index (κ3) is 3.67. The van der Waals surface area contributed by atoms with Gasteiger partial charge in [0.05, 0.1) is 11.4 Å². The van der Waals surface area contributed by atoms with E-state index in [1.54, 1.807) is 30.0 Å². The zero-order chi connectivity index (χ0) is 21.1. The van der Waals surface area contributed by atoms with Crippen molar-refractivity contribution < 1.29 is 9.59 Å². The molecule has 4 rings (SSSR count). The molecule has 5 heteroatoms. The molecule has 2 aliphatic rings. The van der Waals surface area contributed by atoms with E-state index in [-0.39, 0.29) is 5.91 Å². The Kier molecular flexibility index (Phi) is 5.53. The predicted octanol–water partition coefficient (Wildman–Crippen LogP) is 5.99. The minimum atomic E-state index is -0.238. The molecule has 148 valence electrons. The molecule has 4 nitrogen and oxygen atoms in total. The maximum absolute atomic E-state index is 13.8. The van der Waals surface area contributed by atoms with Crippen molar-refractivity contribution in [1.82, 2.24) is 0 Å². The van der Waals surface area contributed by atoms with Gasteiger partial charge in [0.2, 0.25) is 0 Å². The number of rotatable bonds is 3. The van der Waals surface area contributed by atoms with Gasteiger partial charge in [-0.15, -0.1) is 0 Å². The maximum Gasteiger partial charge on any atom is 0.263 e. The fourth-order valence-corrected chi connectivity index (χ4v) is 3.77. The highest BCUT2D eigenvalue weighted by atomic mass is 35.5. The summed E-state index contributed by atoms with van der Waals surface area (Å²) in [5.41, 5.74) is 4.70. The smallest absolute Gasteiger partial charge is 0.263 e. The summed E-state index contributed by atoms with van der Waals surface area (Å²) >= 11 is 6.25. The van der Waals surface area contributed by atoms with E-state index in [0.717, 1.165) is 11.3 Å². The van der Waals surface area contributed by atoms with Crippen molar-refractivity contribution in [3.8, 4) is 0 Å². The van der Waals surface area contributed by atoms with Gasteiger partial charge in [0.25, 0.3) is 5.91 Å². The number of fused-ring (bicyclic) bond motifs is 1. The van der Waals surface area contributed by atoms with E-state index in [2.05, 4.69) is 5.32 Å². The van der Waals surface area contributed by atoms with Crippen molar-refractivity contribution in [2.45, 2.75) is 13.3 Å². The van der Waals surface area contributed by atoms with Gasteiger partial charge in [-0.25, -0.2) is 4.79 Å². The van der Waals surface area contributed by atoms with Crippen LogP contribution >= 0.6 is 11.6 Å². The van der Waals surface area contributed by atoms with Gasteiger partial charge in [0, 0.05) is 40.0 Å². The Morgan fingerprint density at radius 2 is 1.97 bits per heavy atom. The monoisotopic (exact) mass is 414 g/mol. The average molecular weight is 415 g/mol. The summed E-state index contributed by atoms with van der Waals surface area (Å²) < 4.78 is 0. The summed E-state index contributed by atoms with van der Waals surface area (Å²) in [6.07, 6.45) is 11.7. The van der Waals surface area contributed by atoms with Crippen LogP contribution in [0.2, 0.25) is 5.02 Å². The molecule has 0 saturated heterocycles. The standard InChI is InChI=1S/C25H19ClN2O2/c1-17-18(16-29)7-4-11-21(17)25(30)28(20-9-5-8-19(26)15-20)24-13-6-12-23-22(24)10-2-3-14-27-23/h2-6,8-15,27H,7H2,1H3. The summed E-state index contributed by atoms with van der Waals surface area (Å²) in [6, 6.07) is 12.9. The lowest BCUT2D eigenvalue weighted by molar-refractivity contribution is -0.114. The first-order chi connectivity index (χ1) is 14.6. The van der Waals surface area contributed by atoms with Crippen molar-refractivity contribution in [3.05, 3.63) is 100 Å². The van der Waals surface area contributed by atoms with Crippen LogP contribution in [-0.4, -0.2) is 11.8 Å². The third-order valence-electron chi connectivity index (χ3n) is 5.12. The van der Waals surface area contributed by atoms with Gasteiger partial charge in [-0.3, -0.25) is 9.69 Å². The molecule has 1 aliphatic carbocycles. The van der Waals surface area contributed by atoms with E-state index in [4.69, 9.17) is 11.6 Å². The molecular formula is C25H19ClN2O2. The highest BCUT2D eigenvalue weighted by molar-refractivity contribution is 6.31. The molecule has 1 N–H and O–H groups in total. The van der Waals surface area contributed by atoms with Gasteiger partial charge in [-0.2, -0.15) is 0 Å². The minimum absolute atomic E-state index is 0.238. The number of allylic oxidation sites excluding steroid dienone is 5. The van der Waals surface area contributed by atoms with Crippen LogP contribution < -0.4 is 10.2 Å². The second kappa shape index (κ2) is 8.42. The van der Waals surface area contributed by atoms with Crippen LogP contribution in [0.5, 0.6) is 0 Å². The molecule has 30 heavy (non-hydrogen) atoms. The summed E-state index contributed by atoms with van der Waals surface area (Å²) in [5, 5.41) is 3.77. The summed E-state index contributed by atoms with van der Waals surface area (Å²) in [7, 11) is 0.